The van der Waals surface area contributed by atoms with E-state index in [0.717, 1.165) is 16.7 Å². The van der Waals surface area contributed by atoms with Gasteiger partial charge in [0.1, 0.15) is 17.6 Å². The fourth-order valence-corrected chi connectivity index (χ4v) is 1.71. The molecule has 0 atom stereocenters. The number of hydrogen-bond acceptors (Lipinski definition) is 3. The van der Waals surface area contributed by atoms with E-state index < -0.39 is 0 Å². The third-order valence-electron chi connectivity index (χ3n) is 2.61. The Morgan fingerprint density at radius 1 is 1.00 bits per heavy atom. The van der Waals surface area contributed by atoms with E-state index in [1.165, 1.54) is 0 Å². The summed E-state index contributed by atoms with van der Waals surface area (Å²) in [7, 11) is 0. The van der Waals surface area contributed by atoms with Crippen LogP contribution in [0.15, 0.2) is 42.5 Å². The number of fused-ring (bicyclic) bond motifs is 1. The molecule has 3 rings (SSSR count). The molecule has 0 aliphatic heterocycles. The van der Waals surface area contributed by atoms with E-state index in [9.17, 15) is 0 Å². The van der Waals surface area contributed by atoms with E-state index in [4.69, 9.17) is 0 Å². The summed E-state index contributed by atoms with van der Waals surface area (Å²) in [4.78, 5) is 5.71. The van der Waals surface area contributed by atoms with Crippen molar-refractivity contribution in [3.05, 3.63) is 54.4 Å². The van der Waals surface area contributed by atoms with Gasteiger partial charge in [0.25, 0.3) is 0 Å². The van der Waals surface area contributed by atoms with Crippen LogP contribution in [0.5, 0.6) is 0 Å². The molecular formula is C15H11N4. The molecule has 0 unspecified atom stereocenters. The first-order valence-corrected chi connectivity index (χ1v) is 5.99. The van der Waals surface area contributed by atoms with Crippen molar-refractivity contribution >= 4 is 11.0 Å². The van der Waals surface area contributed by atoms with Crippen molar-refractivity contribution in [2.24, 2.45) is 0 Å². The largest absolute Gasteiger partial charge is 0.250 e. The molecule has 19 heavy (non-hydrogen) atoms. The minimum absolute atomic E-state index is 0.491. The summed E-state index contributed by atoms with van der Waals surface area (Å²) in [5.74, 6) is 6.11. The Labute approximate surface area is 111 Å². The average Bonchev–Trinajstić information content (AvgIpc) is 2.87. The van der Waals surface area contributed by atoms with Crippen molar-refractivity contribution < 1.29 is 0 Å². The standard InChI is InChI=1S/C15H11N4/c1-2-10-15-14(9-1)17-19(18-15)12-6-4-8-13-7-3-5-11-16-13/h1-3,5,7,9-10H,8,12H2. The Kier molecular flexibility index (Phi) is 3.20. The van der Waals surface area contributed by atoms with Crippen LogP contribution in [0.4, 0.5) is 0 Å². The van der Waals surface area contributed by atoms with Crippen LogP contribution in [0, 0.1) is 18.0 Å². The third-order valence-corrected chi connectivity index (χ3v) is 2.61. The lowest BCUT2D eigenvalue weighted by Gasteiger charge is -1.91. The van der Waals surface area contributed by atoms with Crippen molar-refractivity contribution in [2.75, 3.05) is 0 Å². The molecule has 91 valence electrons. The predicted octanol–water partition coefficient (Wildman–Crippen LogP) is 1.87. The third kappa shape index (κ3) is 2.78. The van der Waals surface area contributed by atoms with Crippen molar-refractivity contribution in [3.8, 4) is 11.8 Å². The number of nitrogens with zero attached hydrogens (tertiary/aromatic N) is 4. The Morgan fingerprint density at radius 3 is 2.47 bits per heavy atom. The van der Waals surface area contributed by atoms with Crippen LogP contribution in [0.25, 0.3) is 11.0 Å². The van der Waals surface area contributed by atoms with E-state index >= 15 is 0 Å². The molecule has 3 aromatic rings. The van der Waals surface area contributed by atoms with Crippen molar-refractivity contribution in [1.29, 1.82) is 0 Å². The highest BCUT2D eigenvalue weighted by Crippen LogP contribution is 2.06. The Hall–Kier alpha value is -2.67. The van der Waals surface area contributed by atoms with Crippen molar-refractivity contribution in [1.82, 2.24) is 20.0 Å². The molecule has 0 aliphatic rings. The zero-order chi connectivity index (χ0) is 12.9. The predicted molar refractivity (Wildman–Crippen MR) is 72.1 cm³/mol. The zero-order valence-corrected chi connectivity index (χ0v) is 10.2. The monoisotopic (exact) mass is 247 g/mol. The maximum absolute atomic E-state index is 4.34. The van der Waals surface area contributed by atoms with Crippen LogP contribution in [0.2, 0.25) is 0 Å². The van der Waals surface area contributed by atoms with Gasteiger partial charge in [-0.1, -0.05) is 30.0 Å². The van der Waals surface area contributed by atoms with E-state index in [1.807, 2.05) is 36.4 Å². The minimum atomic E-state index is 0.491. The fraction of sp³-hybridized carbons (Fsp3) is 0.133. The van der Waals surface area contributed by atoms with Gasteiger partial charge in [-0.3, -0.25) is 4.98 Å². The van der Waals surface area contributed by atoms with Gasteiger partial charge in [0.15, 0.2) is 0 Å². The molecule has 0 spiro atoms. The number of pyridine rings is 1. The number of rotatable bonds is 2. The molecule has 1 aromatic carbocycles. The van der Waals surface area contributed by atoms with Gasteiger partial charge < -0.3 is 0 Å². The zero-order valence-electron chi connectivity index (χ0n) is 10.2. The normalized spacial score (nSPS) is 10.1. The van der Waals surface area contributed by atoms with Crippen LogP contribution in [0.1, 0.15) is 5.69 Å². The molecule has 1 radical (unpaired) electrons. The first-order chi connectivity index (χ1) is 9.42. The highest BCUT2D eigenvalue weighted by molar-refractivity contribution is 5.72. The summed E-state index contributed by atoms with van der Waals surface area (Å²) < 4.78 is 0. The van der Waals surface area contributed by atoms with Crippen LogP contribution in [-0.4, -0.2) is 20.0 Å². The van der Waals surface area contributed by atoms with Gasteiger partial charge in [0, 0.05) is 0 Å². The summed E-state index contributed by atoms with van der Waals surface area (Å²) in [5.41, 5.74) is 2.71. The Balaban J connectivity index is 1.66. The molecule has 2 aromatic heterocycles. The molecule has 0 bridgehead atoms. The van der Waals surface area contributed by atoms with E-state index in [0.29, 0.717) is 13.0 Å². The van der Waals surface area contributed by atoms with E-state index in [-0.39, 0.29) is 0 Å². The SMILES string of the molecule is C(#CCn1nc2ccccc2n1)Cc1ccc[c]n1. The summed E-state index contributed by atoms with van der Waals surface area (Å²) in [6.07, 6.45) is 3.41. The molecule has 0 N–H and O–H groups in total. The Bertz CT molecular complexity index is 702. The second-order valence-electron chi connectivity index (χ2n) is 4.01. The maximum atomic E-state index is 4.34. The van der Waals surface area contributed by atoms with Gasteiger partial charge in [-0.25, -0.2) is 0 Å². The van der Waals surface area contributed by atoms with Crippen LogP contribution in [-0.2, 0) is 13.0 Å². The summed E-state index contributed by atoms with van der Waals surface area (Å²) in [6.45, 7) is 0.491. The second kappa shape index (κ2) is 5.32. The van der Waals surface area contributed by atoms with Crippen LogP contribution < -0.4 is 0 Å². The molecule has 4 nitrogen and oxygen atoms in total. The number of benzene rings is 1. The summed E-state index contributed by atoms with van der Waals surface area (Å²) >= 11 is 0. The van der Waals surface area contributed by atoms with Gasteiger partial charge in [-0.2, -0.15) is 15.0 Å². The summed E-state index contributed by atoms with van der Waals surface area (Å²) in [6, 6.07) is 13.4. The van der Waals surface area contributed by atoms with Gasteiger partial charge in [-0.15, -0.1) is 0 Å². The van der Waals surface area contributed by atoms with Gasteiger partial charge in [0.2, 0.25) is 0 Å². The number of aromatic nitrogens is 4. The average molecular weight is 247 g/mol. The molecule has 2 heterocycles. The lowest BCUT2D eigenvalue weighted by molar-refractivity contribution is 0.622. The molecular weight excluding hydrogens is 236 g/mol. The number of hydrogen-bond donors (Lipinski definition) is 0. The van der Waals surface area contributed by atoms with Crippen LogP contribution >= 0.6 is 0 Å². The lowest BCUT2D eigenvalue weighted by atomic mass is 10.3. The van der Waals surface area contributed by atoms with Crippen LogP contribution in [0.3, 0.4) is 0 Å². The van der Waals surface area contributed by atoms with Crippen molar-refractivity contribution in [2.45, 2.75) is 13.0 Å². The first kappa shape index (κ1) is 11.4. The highest BCUT2D eigenvalue weighted by atomic mass is 15.5. The molecule has 0 amide bonds. The molecule has 0 aliphatic carbocycles. The maximum Gasteiger partial charge on any atom is 0.121 e. The quantitative estimate of drug-likeness (QED) is 0.649. The van der Waals surface area contributed by atoms with E-state index in [2.05, 4.69) is 33.2 Å². The summed E-state index contributed by atoms with van der Waals surface area (Å²) in [5, 5.41) is 8.68. The lowest BCUT2D eigenvalue weighted by Crippen LogP contribution is -1.99. The van der Waals surface area contributed by atoms with Crippen molar-refractivity contribution in [3.63, 3.8) is 0 Å². The minimum Gasteiger partial charge on any atom is -0.250 e. The second-order valence-corrected chi connectivity index (χ2v) is 4.01. The first-order valence-electron chi connectivity index (χ1n) is 5.99. The fourth-order valence-electron chi connectivity index (χ4n) is 1.71. The highest BCUT2D eigenvalue weighted by Gasteiger charge is 1.98. The van der Waals surface area contributed by atoms with Gasteiger partial charge >= 0.3 is 0 Å². The van der Waals surface area contributed by atoms with Gasteiger partial charge in [-0.05, 0) is 24.3 Å². The molecule has 0 fully saturated rings. The van der Waals surface area contributed by atoms with Gasteiger partial charge in [0.05, 0.1) is 18.3 Å². The molecule has 0 saturated heterocycles. The topological polar surface area (TPSA) is 43.6 Å². The van der Waals surface area contributed by atoms with E-state index in [1.54, 1.807) is 10.9 Å². The molecule has 0 saturated carbocycles. The molecule has 4 heteroatoms. The Morgan fingerprint density at radius 2 is 1.79 bits per heavy atom. The smallest absolute Gasteiger partial charge is 0.121 e.